The van der Waals surface area contributed by atoms with Crippen molar-refractivity contribution in [3.8, 4) is 5.75 Å². The van der Waals surface area contributed by atoms with Crippen LogP contribution in [0, 0.1) is 0 Å². The van der Waals surface area contributed by atoms with Gasteiger partial charge < -0.3 is 15.2 Å². The molecule has 7 nitrogen and oxygen atoms in total. The van der Waals surface area contributed by atoms with E-state index < -0.39 is 15.9 Å². The molecule has 2 aromatic rings. The highest BCUT2D eigenvalue weighted by Crippen LogP contribution is 2.22. The molecule has 1 amide bonds. The van der Waals surface area contributed by atoms with E-state index in [1.165, 1.54) is 30.3 Å². The third kappa shape index (κ3) is 4.40. The van der Waals surface area contributed by atoms with E-state index in [0.717, 1.165) is 12.8 Å². The second-order valence-corrected chi connectivity index (χ2v) is 7.75. The van der Waals surface area contributed by atoms with Gasteiger partial charge in [0.2, 0.25) is 10.0 Å². The highest BCUT2D eigenvalue weighted by molar-refractivity contribution is 7.89. The van der Waals surface area contributed by atoms with Gasteiger partial charge in [0.25, 0.3) is 5.91 Å². The van der Waals surface area contributed by atoms with Gasteiger partial charge in [-0.25, -0.2) is 13.1 Å². The van der Waals surface area contributed by atoms with E-state index in [9.17, 15) is 18.3 Å². The van der Waals surface area contributed by atoms with Crippen LogP contribution in [0.15, 0.2) is 53.4 Å². The predicted octanol–water partition coefficient (Wildman–Crippen LogP) is 2.10. The summed E-state index contributed by atoms with van der Waals surface area (Å²) in [5.74, 6) is -0.485. The average Bonchev–Trinajstić information content (AvgIpc) is 3.16. The Morgan fingerprint density at radius 3 is 2.54 bits per heavy atom. The number of phenolic OH excluding ortho intramolecular Hbond substituents is 1. The number of nitrogens with one attached hydrogen (secondary N) is 2. The number of phenols is 1. The maximum atomic E-state index is 12.3. The van der Waals surface area contributed by atoms with Crippen molar-refractivity contribution in [2.24, 2.45) is 0 Å². The molecule has 3 rings (SSSR count). The van der Waals surface area contributed by atoms with Crippen LogP contribution in [0.1, 0.15) is 23.2 Å². The van der Waals surface area contributed by atoms with E-state index in [-0.39, 0.29) is 34.5 Å². The maximum Gasteiger partial charge on any atom is 0.255 e. The van der Waals surface area contributed by atoms with Crippen LogP contribution in [0.2, 0.25) is 0 Å². The van der Waals surface area contributed by atoms with Gasteiger partial charge in [0.15, 0.2) is 0 Å². The van der Waals surface area contributed by atoms with Crippen molar-refractivity contribution in [3.63, 3.8) is 0 Å². The molecular weight excluding hydrogens is 356 g/mol. The SMILES string of the molecule is O=C(Nc1ccccc1O)c1ccc(S(=O)(=O)NC[C@H]2CCCO2)cc1. The van der Waals surface area contributed by atoms with Crippen LogP contribution in [-0.2, 0) is 14.8 Å². The molecule has 138 valence electrons. The molecule has 1 aliphatic heterocycles. The first-order valence-corrected chi connectivity index (χ1v) is 9.75. The summed E-state index contributed by atoms with van der Waals surface area (Å²) >= 11 is 0. The number of benzene rings is 2. The van der Waals surface area contributed by atoms with Gasteiger partial charge in [-0.05, 0) is 49.2 Å². The molecule has 0 bridgehead atoms. The minimum atomic E-state index is -3.66. The molecule has 0 unspecified atom stereocenters. The first kappa shape index (κ1) is 18.4. The van der Waals surface area contributed by atoms with Crippen LogP contribution in [0.4, 0.5) is 5.69 Å². The van der Waals surface area contributed by atoms with E-state index in [4.69, 9.17) is 4.74 Å². The standard InChI is InChI=1S/C18H20N2O5S/c21-17-6-2-1-5-16(17)20-18(22)13-7-9-15(10-8-13)26(23,24)19-12-14-4-3-11-25-14/h1-2,5-10,14,19,21H,3-4,11-12H2,(H,20,22)/t14-/m1/s1. The van der Waals surface area contributed by atoms with Gasteiger partial charge >= 0.3 is 0 Å². The molecule has 0 spiro atoms. The normalized spacial score (nSPS) is 17.2. The van der Waals surface area contributed by atoms with Crippen molar-refractivity contribution in [2.45, 2.75) is 23.8 Å². The highest BCUT2D eigenvalue weighted by atomic mass is 32.2. The lowest BCUT2D eigenvalue weighted by Gasteiger charge is -2.12. The minimum absolute atomic E-state index is 0.0432. The number of hydrogen-bond donors (Lipinski definition) is 3. The van der Waals surface area contributed by atoms with Crippen molar-refractivity contribution in [3.05, 3.63) is 54.1 Å². The number of para-hydroxylation sites is 2. The summed E-state index contributed by atoms with van der Waals surface area (Å²) in [5, 5.41) is 12.3. The van der Waals surface area contributed by atoms with Crippen LogP contribution in [-0.4, -0.2) is 38.7 Å². The Hall–Kier alpha value is -2.42. The van der Waals surface area contributed by atoms with Crippen molar-refractivity contribution >= 4 is 21.6 Å². The largest absolute Gasteiger partial charge is 0.506 e. The molecule has 8 heteroatoms. The molecule has 1 aliphatic rings. The zero-order chi connectivity index (χ0) is 18.6. The van der Waals surface area contributed by atoms with Crippen LogP contribution in [0.5, 0.6) is 5.75 Å². The number of carbonyl (C=O) groups is 1. The molecule has 0 aliphatic carbocycles. The molecule has 0 radical (unpaired) electrons. The Morgan fingerprint density at radius 2 is 1.88 bits per heavy atom. The van der Waals surface area contributed by atoms with Gasteiger partial charge in [0, 0.05) is 18.7 Å². The Bertz CT molecular complexity index is 875. The van der Waals surface area contributed by atoms with Gasteiger partial charge in [-0.1, -0.05) is 12.1 Å². The number of anilines is 1. The molecular formula is C18H20N2O5S. The lowest BCUT2D eigenvalue weighted by molar-refractivity contribution is 0.102. The summed E-state index contributed by atoms with van der Waals surface area (Å²) in [6, 6.07) is 12.0. The molecule has 26 heavy (non-hydrogen) atoms. The topological polar surface area (TPSA) is 105 Å². The van der Waals surface area contributed by atoms with Crippen LogP contribution in [0.25, 0.3) is 0 Å². The number of aromatic hydroxyl groups is 1. The molecule has 1 fully saturated rings. The first-order chi connectivity index (χ1) is 12.5. The van der Waals surface area contributed by atoms with E-state index in [2.05, 4.69) is 10.0 Å². The second kappa shape index (κ2) is 7.86. The summed E-state index contributed by atoms with van der Waals surface area (Å²) in [6.07, 6.45) is 1.69. The Balaban J connectivity index is 1.65. The predicted molar refractivity (Wildman–Crippen MR) is 96.7 cm³/mol. The Kier molecular flexibility index (Phi) is 5.55. The smallest absolute Gasteiger partial charge is 0.255 e. The van der Waals surface area contributed by atoms with Gasteiger partial charge in [0.1, 0.15) is 5.75 Å². The van der Waals surface area contributed by atoms with E-state index >= 15 is 0 Å². The minimum Gasteiger partial charge on any atom is -0.506 e. The zero-order valence-electron chi connectivity index (χ0n) is 14.0. The first-order valence-electron chi connectivity index (χ1n) is 8.26. The number of rotatable bonds is 6. The fourth-order valence-electron chi connectivity index (χ4n) is 2.65. The Labute approximate surface area is 152 Å². The summed E-state index contributed by atoms with van der Waals surface area (Å²) < 4.78 is 32.5. The van der Waals surface area contributed by atoms with Crippen LogP contribution >= 0.6 is 0 Å². The lowest BCUT2D eigenvalue weighted by atomic mass is 10.2. The second-order valence-electron chi connectivity index (χ2n) is 5.98. The number of hydrogen-bond acceptors (Lipinski definition) is 5. The monoisotopic (exact) mass is 376 g/mol. The molecule has 1 heterocycles. The number of carbonyl (C=O) groups excluding carboxylic acids is 1. The average molecular weight is 376 g/mol. The third-order valence-electron chi connectivity index (χ3n) is 4.10. The van der Waals surface area contributed by atoms with Crippen molar-refractivity contribution in [1.82, 2.24) is 4.72 Å². The summed E-state index contributed by atoms with van der Waals surface area (Å²) in [6.45, 7) is 0.894. The molecule has 3 N–H and O–H groups in total. The zero-order valence-corrected chi connectivity index (χ0v) is 14.8. The van der Waals surface area contributed by atoms with E-state index in [1.54, 1.807) is 18.2 Å². The number of amides is 1. The Morgan fingerprint density at radius 1 is 1.15 bits per heavy atom. The summed E-state index contributed by atoms with van der Waals surface area (Å²) in [5.41, 5.74) is 0.568. The van der Waals surface area contributed by atoms with Gasteiger partial charge in [-0.15, -0.1) is 0 Å². The molecule has 0 aromatic heterocycles. The lowest BCUT2D eigenvalue weighted by Crippen LogP contribution is -2.31. The molecule has 1 saturated heterocycles. The fourth-order valence-corrected chi connectivity index (χ4v) is 3.72. The fraction of sp³-hybridized carbons (Fsp3) is 0.278. The number of sulfonamides is 1. The van der Waals surface area contributed by atoms with Crippen molar-refractivity contribution < 1.29 is 23.1 Å². The van der Waals surface area contributed by atoms with Gasteiger partial charge in [-0.3, -0.25) is 4.79 Å². The quantitative estimate of drug-likeness (QED) is 0.670. The third-order valence-corrected chi connectivity index (χ3v) is 5.54. The van der Waals surface area contributed by atoms with E-state index in [0.29, 0.717) is 6.61 Å². The number of ether oxygens (including phenoxy) is 1. The molecule has 1 atom stereocenters. The maximum absolute atomic E-state index is 12.3. The van der Waals surface area contributed by atoms with Gasteiger partial charge in [-0.2, -0.15) is 0 Å². The summed E-state index contributed by atoms with van der Waals surface area (Å²) in [4.78, 5) is 12.3. The van der Waals surface area contributed by atoms with Crippen molar-refractivity contribution in [2.75, 3.05) is 18.5 Å². The highest BCUT2D eigenvalue weighted by Gasteiger charge is 2.20. The van der Waals surface area contributed by atoms with Gasteiger partial charge in [0.05, 0.1) is 16.7 Å². The van der Waals surface area contributed by atoms with Crippen molar-refractivity contribution in [1.29, 1.82) is 0 Å². The summed E-state index contributed by atoms with van der Waals surface area (Å²) in [7, 11) is -3.66. The molecule has 2 aromatic carbocycles. The van der Waals surface area contributed by atoms with Crippen LogP contribution < -0.4 is 10.0 Å². The molecule has 0 saturated carbocycles. The van der Waals surface area contributed by atoms with Crippen LogP contribution in [0.3, 0.4) is 0 Å². The van der Waals surface area contributed by atoms with E-state index in [1.807, 2.05) is 0 Å².